The fraction of sp³-hybridized carbons (Fsp3) is 0.150. The van der Waals surface area contributed by atoms with Gasteiger partial charge in [-0.25, -0.2) is 9.67 Å². The Kier molecular flexibility index (Phi) is 4.26. The largest absolute Gasteiger partial charge is 0.416 e. The fourth-order valence-corrected chi connectivity index (χ4v) is 3.04. The number of hydrogen-bond acceptors (Lipinski definition) is 3. The molecular formula is C20H15F3N4O. The topological polar surface area (TPSA) is 52.7 Å². The Bertz CT molecular complexity index is 1220. The van der Waals surface area contributed by atoms with Gasteiger partial charge in [-0.05, 0) is 36.2 Å². The van der Waals surface area contributed by atoms with Gasteiger partial charge >= 0.3 is 6.18 Å². The molecule has 2 heterocycles. The van der Waals surface area contributed by atoms with E-state index in [2.05, 4.69) is 10.1 Å². The molecule has 8 heteroatoms. The van der Waals surface area contributed by atoms with Gasteiger partial charge in [0.15, 0.2) is 5.65 Å². The molecule has 5 nitrogen and oxygen atoms in total. The molecule has 0 aliphatic rings. The molecule has 0 aliphatic heterocycles. The van der Waals surface area contributed by atoms with E-state index in [1.165, 1.54) is 33.9 Å². The highest BCUT2D eigenvalue weighted by molar-refractivity contribution is 5.75. The molecule has 0 saturated heterocycles. The lowest BCUT2D eigenvalue weighted by molar-refractivity contribution is -0.137. The normalized spacial score (nSPS) is 11.9. The lowest BCUT2D eigenvalue weighted by Crippen LogP contribution is -2.21. The van der Waals surface area contributed by atoms with Gasteiger partial charge < -0.3 is 0 Å². The van der Waals surface area contributed by atoms with Crippen molar-refractivity contribution < 1.29 is 13.2 Å². The summed E-state index contributed by atoms with van der Waals surface area (Å²) in [6.07, 6.45) is -1.74. The minimum atomic E-state index is -4.47. The standard InChI is InChI=1S/C20H15F3N4O/c1-13-5-2-3-6-14(13)11-26-12-24-18-17(19(26)28)10-25-27(18)16-8-4-7-15(9-16)20(21,22)23/h2-10,12H,11H2,1H3. The van der Waals surface area contributed by atoms with Crippen LogP contribution in [-0.4, -0.2) is 19.3 Å². The number of alkyl halides is 3. The van der Waals surface area contributed by atoms with E-state index in [1.54, 1.807) is 0 Å². The summed E-state index contributed by atoms with van der Waals surface area (Å²) < 4.78 is 41.6. The summed E-state index contributed by atoms with van der Waals surface area (Å²) in [7, 11) is 0. The van der Waals surface area contributed by atoms with E-state index in [0.717, 1.165) is 23.3 Å². The van der Waals surface area contributed by atoms with Crippen LogP contribution in [0, 0.1) is 6.92 Å². The van der Waals surface area contributed by atoms with E-state index < -0.39 is 11.7 Å². The van der Waals surface area contributed by atoms with E-state index in [0.29, 0.717) is 6.54 Å². The maximum absolute atomic E-state index is 13.0. The zero-order valence-corrected chi connectivity index (χ0v) is 14.8. The van der Waals surface area contributed by atoms with Crippen LogP contribution in [0.15, 0.2) is 65.8 Å². The first kappa shape index (κ1) is 18.0. The number of fused-ring (bicyclic) bond motifs is 1. The zero-order valence-electron chi connectivity index (χ0n) is 14.8. The van der Waals surface area contributed by atoms with Crippen molar-refractivity contribution >= 4 is 11.0 Å². The number of hydrogen-bond donors (Lipinski definition) is 0. The monoisotopic (exact) mass is 384 g/mol. The molecule has 2 aromatic heterocycles. The minimum Gasteiger partial charge on any atom is -0.294 e. The highest BCUT2D eigenvalue weighted by atomic mass is 19.4. The predicted octanol–water partition coefficient (Wildman–Crippen LogP) is 3.96. The SMILES string of the molecule is Cc1ccccc1Cn1cnc2c(cnn2-c2cccc(C(F)(F)F)c2)c1=O. The van der Waals surface area contributed by atoms with Crippen LogP contribution < -0.4 is 5.56 Å². The molecule has 0 unspecified atom stereocenters. The average molecular weight is 384 g/mol. The molecule has 2 aromatic carbocycles. The van der Waals surface area contributed by atoms with Gasteiger partial charge in [-0.1, -0.05) is 30.3 Å². The van der Waals surface area contributed by atoms with E-state index >= 15 is 0 Å². The summed E-state index contributed by atoms with van der Waals surface area (Å²) in [4.78, 5) is 17.1. The molecule has 142 valence electrons. The molecule has 0 spiro atoms. The van der Waals surface area contributed by atoms with Crippen molar-refractivity contribution in [3.05, 3.63) is 88.1 Å². The van der Waals surface area contributed by atoms with E-state index in [-0.39, 0.29) is 22.3 Å². The first-order valence-corrected chi connectivity index (χ1v) is 8.50. The second-order valence-corrected chi connectivity index (χ2v) is 6.45. The Morgan fingerprint density at radius 3 is 2.61 bits per heavy atom. The molecule has 28 heavy (non-hydrogen) atoms. The van der Waals surface area contributed by atoms with Crippen molar-refractivity contribution in [2.45, 2.75) is 19.6 Å². The number of nitrogens with zero attached hydrogens (tertiary/aromatic N) is 4. The third-order valence-corrected chi connectivity index (χ3v) is 4.57. The van der Waals surface area contributed by atoms with Crippen LogP contribution in [0.2, 0.25) is 0 Å². The van der Waals surface area contributed by atoms with Crippen LogP contribution in [0.3, 0.4) is 0 Å². The highest BCUT2D eigenvalue weighted by Crippen LogP contribution is 2.30. The van der Waals surface area contributed by atoms with Crippen molar-refractivity contribution in [2.75, 3.05) is 0 Å². The van der Waals surface area contributed by atoms with Crippen molar-refractivity contribution in [1.82, 2.24) is 19.3 Å². The Morgan fingerprint density at radius 2 is 1.86 bits per heavy atom. The van der Waals surface area contributed by atoms with Crippen LogP contribution >= 0.6 is 0 Å². The van der Waals surface area contributed by atoms with Crippen LogP contribution in [0.4, 0.5) is 13.2 Å². The average Bonchev–Trinajstić information content (AvgIpc) is 3.10. The van der Waals surface area contributed by atoms with Crippen LogP contribution in [0.25, 0.3) is 16.7 Å². The van der Waals surface area contributed by atoms with E-state index in [9.17, 15) is 18.0 Å². The second kappa shape index (κ2) is 6.63. The molecule has 0 atom stereocenters. The molecule has 0 saturated carbocycles. The minimum absolute atomic E-state index is 0.188. The summed E-state index contributed by atoms with van der Waals surface area (Å²) in [6, 6.07) is 12.4. The zero-order chi connectivity index (χ0) is 19.9. The lowest BCUT2D eigenvalue weighted by Gasteiger charge is -2.10. The van der Waals surface area contributed by atoms with Gasteiger partial charge in [0, 0.05) is 0 Å². The number of rotatable bonds is 3. The lowest BCUT2D eigenvalue weighted by atomic mass is 10.1. The molecule has 0 fully saturated rings. The van der Waals surface area contributed by atoms with Crippen molar-refractivity contribution in [3.8, 4) is 5.69 Å². The molecule has 0 aliphatic carbocycles. The summed E-state index contributed by atoms with van der Waals surface area (Å²) in [6.45, 7) is 2.31. The van der Waals surface area contributed by atoms with Crippen molar-refractivity contribution in [3.63, 3.8) is 0 Å². The molecule has 4 aromatic rings. The quantitative estimate of drug-likeness (QED) is 0.537. The molecule has 0 bridgehead atoms. The number of halogens is 3. The van der Waals surface area contributed by atoms with Gasteiger partial charge in [0.05, 0.1) is 24.0 Å². The maximum atomic E-state index is 13.0. The molecule has 4 rings (SSSR count). The van der Waals surface area contributed by atoms with Gasteiger partial charge in [0.25, 0.3) is 5.56 Å². The molecule has 0 amide bonds. The second-order valence-electron chi connectivity index (χ2n) is 6.45. The van der Waals surface area contributed by atoms with Crippen LogP contribution in [-0.2, 0) is 12.7 Å². The van der Waals surface area contributed by atoms with Gasteiger partial charge in [-0.3, -0.25) is 9.36 Å². The molecule has 0 N–H and O–H groups in total. The number of benzene rings is 2. The smallest absolute Gasteiger partial charge is 0.294 e. The third kappa shape index (κ3) is 3.17. The molecular weight excluding hydrogens is 369 g/mol. The van der Waals surface area contributed by atoms with E-state index in [4.69, 9.17) is 0 Å². The first-order valence-electron chi connectivity index (χ1n) is 8.50. The van der Waals surface area contributed by atoms with Crippen LogP contribution in [0.5, 0.6) is 0 Å². The number of aryl methyl sites for hydroxylation is 1. The Hall–Kier alpha value is -3.42. The summed E-state index contributed by atoms with van der Waals surface area (Å²) in [5, 5.41) is 4.33. The predicted molar refractivity (Wildman–Crippen MR) is 98.4 cm³/mol. The van der Waals surface area contributed by atoms with E-state index in [1.807, 2.05) is 31.2 Å². The highest BCUT2D eigenvalue weighted by Gasteiger charge is 2.30. The number of aromatic nitrogens is 4. The first-order chi connectivity index (χ1) is 13.3. The van der Waals surface area contributed by atoms with Gasteiger partial charge in [-0.2, -0.15) is 18.3 Å². The van der Waals surface area contributed by atoms with Crippen LogP contribution in [0.1, 0.15) is 16.7 Å². The van der Waals surface area contributed by atoms with Gasteiger partial charge in [-0.15, -0.1) is 0 Å². The van der Waals surface area contributed by atoms with Crippen molar-refractivity contribution in [2.24, 2.45) is 0 Å². The Labute approximate surface area is 157 Å². The summed E-state index contributed by atoms with van der Waals surface area (Å²) in [5.74, 6) is 0. The maximum Gasteiger partial charge on any atom is 0.416 e. The fourth-order valence-electron chi connectivity index (χ4n) is 3.04. The van der Waals surface area contributed by atoms with Gasteiger partial charge in [0.1, 0.15) is 11.7 Å². The van der Waals surface area contributed by atoms with Gasteiger partial charge in [0.2, 0.25) is 0 Å². The Balaban J connectivity index is 1.78. The molecule has 0 radical (unpaired) electrons. The third-order valence-electron chi connectivity index (χ3n) is 4.57. The summed E-state index contributed by atoms with van der Waals surface area (Å²) in [5.41, 5.74) is 1.34. The Morgan fingerprint density at radius 1 is 1.07 bits per heavy atom. The summed E-state index contributed by atoms with van der Waals surface area (Å²) >= 11 is 0. The van der Waals surface area contributed by atoms with Crippen molar-refractivity contribution in [1.29, 1.82) is 0 Å².